The molecule has 106 valence electrons. The first-order valence-electron chi connectivity index (χ1n) is 7.87. The van der Waals surface area contributed by atoms with Crippen LogP contribution >= 0.6 is 0 Å². The van der Waals surface area contributed by atoms with E-state index in [0.717, 1.165) is 12.7 Å². The van der Waals surface area contributed by atoms with E-state index in [1.54, 1.807) is 0 Å². The Balaban J connectivity index is 2.21. The summed E-state index contributed by atoms with van der Waals surface area (Å²) in [5.74, 6) is 0.425. The molecule has 1 aromatic rings. The topological polar surface area (TPSA) is 17.1 Å². The Hall–Kier alpha value is -1.11. The van der Waals surface area contributed by atoms with E-state index in [9.17, 15) is 4.79 Å². The summed E-state index contributed by atoms with van der Waals surface area (Å²) in [6.07, 6.45) is 12.2. The van der Waals surface area contributed by atoms with Crippen LogP contribution in [0.1, 0.15) is 76.2 Å². The van der Waals surface area contributed by atoms with Gasteiger partial charge in [-0.15, -0.1) is 0 Å². The van der Waals surface area contributed by atoms with Crippen molar-refractivity contribution < 1.29 is 4.79 Å². The zero-order valence-corrected chi connectivity index (χ0v) is 12.3. The van der Waals surface area contributed by atoms with Crippen molar-refractivity contribution in [3.63, 3.8) is 0 Å². The first kappa shape index (κ1) is 15.9. The van der Waals surface area contributed by atoms with E-state index in [0.29, 0.717) is 12.3 Å². The predicted molar refractivity (Wildman–Crippen MR) is 82.5 cm³/mol. The van der Waals surface area contributed by atoms with E-state index in [-0.39, 0.29) is 0 Å². The minimum absolute atomic E-state index is 0.425. The number of hydrogen-bond acceptors (Lipinski definition) is 1. The first-order valence-corrected chi connectivity index (χ1v) is 7.87. The Morgan fingerprint density at radius 2 is 1.58 bits per heavy atom. The van der Waals surface area contributed by atoms with Crippen molar-refractivity contribution in [2.75, 3.05) is 0 Å². The molecule has 0 saturated carbocycles. The third-order valence-electron chi connectivity index (χ3n) is 3.81. The lowest BCUT2D eigenvalue weighted by Crippen LogP contribution is -2.00. The minimum atomic E-state index is 0.425. The first-order chi connectivity index (χ1) is 9.38. The van der Waals surface area contributed by atoms with Gasteiger partial charge in [-0.2, -0.15) is 0 Å². The van der Waals surface area contributed by atoms with Gasteiger partial charge in [0, 0.05) is 6.42 Å². The van der Waals surface area contributed by atoms with Crippen LogP contribution in [0.2, 0.25) is 0 Å². The molecule has 0 spiro atoms. The number of aldehydes is 1. The lowest BCUT2D eigenvalue weighted by Gasteiger charge is -2.14. The molecule has 0 aliphatic rings. The van der Waals surface area contributed by atoms with Crippen LogP contribution in [-0.4, -0.2) is 6.29 Å². The van der Waals surface area contributed by atoms with Crippen LogP contribution in [0.15, 0.2) is 30.3 Å². The number of carbonyl (C=O) groups excluding carboxylic acids is 1. The number of carbonyl (C=O) groups is 1. The van der Waals surface area contributed by atoms with E-state index in [2.05, 4.69) is 31.2 Å². The zero-order chi connectivity index (χ0) is 13.8. The van der Waals surface area contributed by atoms with Crippen LogP contribution < -0.4 is 0 Å². The average Bonchev–Trinajstić information content (AvgIpc) is 2.46. The third kappa shape index (κ3) is 7.15. The highest BCUT2D eigenvalue weighted by molar-refractivity contribution is 5.51. The monoisotopic (exact) mass is 260 g/mol. The normalized spacial score (nSPS) is 12.3. The Kier molecular flexibility index (Phi) is 9.05. The summed E-state index contributed by atoms with van der Waals surface area (Å²) >= 11 is 0. The summed E-state index contributed by atoms with van der Waals surface area (Å²) in [6, 6.07) is 10.5. The van der Waals surface area contributed by atoms with E-state index in [1.165, 1.54) is 50.5 Å². The van der Waals surface area contributed by atoms with Gasteiger partial charge in [0.1, 0.15) is 6.29 Å². The molecule has 1 heteroatoms. The van der Waals surface area contributed by atoms with Gasteiger partial charge in [-0.3, -0.25) is 0 Å². The van der Waals surface area contributed by atoms with Crippen LogP contribution in [0.5, 0.6) is 0 Å². The van der Waals surface area contributed by atoms with Gasteiger partial charge in [0.25, 0.3) is 0 Å². The lowest BCUT2D eigenvalue weighted by molar-refractivity contribution is -0.108. The van der Waals surface area contributed by atoms with Crippen molar-refractivity contribution in [3.05, 3.63) is 35.9 Å². The predicted octanol–water partition coefficient (Wildman–Crippen LogP) is 5.50. The molecule has 0 amide bonds. The Labute approximate surface area is 118 Å². The molecule has 0 saturated heterocycles. The molecule has 0 heterocycles. The second-order valence-corrected chi connectivity index (χ2v) is 5.42. The Morgan fingerprint density at radius 3 is 2.21 bits per heavy atom. The molecule has 1 rings (SSSR count). The van der Waals surface area contributed by atoms with Gasteiger partial charge in [-0.05, 0) is 17.9 Å². The van der Waals surface area contributed by atoms with Crippen LogP contribution in [0.25, 0.3) is 0 Å². The molecule has 0 aliphatic carbocycles. The largest absolute Gasteiger partial charge is 0.303 e. The molecular weight excluding hydrogens is 232 g/mol. The van der Waals surface area contributed by atoms with Gasteiger partial charge in [-0.1, -0.05) is 82.2 Å². The zero-order valence-electron chi connectivity index (χ0n) is 12.3. The maximum Gasteiger partial charge on any atom is 0.120 e. The van der Waals surface area contributed by atoms with Gasteiger partial charge in [0.05, 0.1) is 0 Å². The van der Waals surface area contributed by atoms with Crippen LogP contribution in [0.4, 0.5) is 0 Å². The number of benzene rings is 1. The average molecular weight is 260 g/mol. The Bertz CT molecular complexity index is 318. The van der Waals surface area contributed by atoms with E-state index in [4.69, 9.17) is 0 Å². The molecule has 0 aromatic heterocycles. The van der Waals surface area contributed by atoms with Crippen molar-refractivity contribution in [2.45, 2.75) is 70.6 Å². The number of unbranched alkanes of at least 4 members (excludes halogenated alkanes) is 6. The molecule has 0 bridgehead atoms. The van der Waals surface area contributed by atoms with Crippen LogP contribution in [0, 0.1) is 0 Å². The fourth-order valence-electron chi connectivity index (χ4n) is 2.61. The maximum atomic E-state index is 10.8. The fourth-order valence-corrected chi connectivity index (χ4v) is 2.61. The SMILES string of the molecule is CCCCCCCCCC(CC=O)c1ccccc1. The minimum Gasteiger partial charge on any atom is -0.303 e. The molecule has 0 aliphatic heterocycles. The molecule has 1 aromatic carbocycles. The highest BCUT2D eigenvalue weighted by Crippen LogP contribution is 2.25. The van der Waals surface area contributed by atoms with Crippen LogP contribution in [-0.2, 0) is 4.79 Å². The van der Waals surface area contributed by atoms with E-state index in [1.807, 2.05) is 6.07 Å². The molecule has 1 atom stereocenters. The van der Waals surface area contributed by atoms with Crippen molar-refractivity contribution in [2.24, 2.45) is 0 Å². The van der Waals surface area contributed by atoms with Gasteiger partial charge in [0.15, 0.2) is 0 Å². The summed E-state index contributed by atoms with van der Waals surface area (Å²) in [7, 11) is 0. The second-order valence-electron chi connectivity index (χ2n) is 5.42. The maximum absolute atomic E-state index is 10.8. The lowest BCUT2D eigenvalue weighted by atomic mass is 9.90. The molecule has 19 heavy (non-hydrogen) atoms. The molecule has 0 fully saturated rings. The van der Waals surface area contributed by atoms with Crippen molar-refractivity contribution >= 4 is 6.29 Å². The van der Waals surface area contributed by atoms with Gasteiger partial charge in [-0.25, -0.2) is 0 Å². The van der Waals surface area contributed by atoms with Crippen molar-refractivity contribution in [3.8, 4) is 0 Å². The molecule has 1 unspecified atom stereocenters. The summed E-state index contributed by atoms with van der Waals surface area (Å²) in [5.41, 5.74) is 1.32. The summed E-state index contributed by atoms with van der Waals surface area (Å²) in [4.78, 5) is 10.8. The smallest absolute Gasteiger partial charge is 0.120 e. The highest BCUT2D eigenvalue weighted by Gasteiger charge is 2.10. The number of hydrogen-bond donors (Lipinski definition) is 0. The van der Waals surface area contributed by atoms with Crippen LogP contribution in [0.3, 0.4) is 0 Å². The van der Waals surface area contributed by atoms with E-state index >= 15 is 0 Å². The molecule has 0 N–H and O–H groups in total. The Morgan fingerprint density at radius 1 is 0.947 bits per heavy atom. The van der Waals surface area contributed by atoms with Gasteiger partial charge >= 0.3 is 0 Å². The van der Waals surface area contributed by atoms with Crippen molar-refractivity contribution in [1.82, 2.24) is 0 Å². The summed E-state index contributed by atoms with van der Waals surface area (Å²) < 4.78 is 0. The molecule has 0 radical (unpaired) electrons. The quantitative estimate of drug-likeness (QED) is 0.379. The molecular formula is C18H28O. The fraction of sp³-hybridized carbons (Fsp3) is 0.611. The van der Waals surface area contributed by atoms with E-state index < -0.39 is 0 Å². The van der Waals surface area contributed by atoms with Gasteiger partial charge < -0.3 is 4.79 Å². The van der Waals surface area contributed by atoms with Gasteiger partial charge in [0.2, 0.25) is 0 Å². The standard InChI is InChI=1S/C18H28O/c1-2-3-4-5-6-7-9-14-18(15-16-19)17-12-10-8-11-13-17/h8,10-13,16,18H,2-7,9,14-15H2,1H3. The third-order valence-corrected chi connectivity index (χ3v) is 3.81. The van der Waals surface area contributed by atoms with Crippen molar-refractivity contribution in [1.29, 1.82) is 0 Å². The summed E-state index contributed by atoms with van der Waals surface area (Å²) in [5, 5.41) is 0. The summed E-state index contributed by atoms with van der Waals surface area (Å²) in [6.45, 7) is 2.25. The molecule has 1 nitrogen and oxygen atoms in total. The second kappa shape index (κ2) is 10.8. The number of rotatable bonds is 11. The highest BCUT2D eigenvalue weighted by atomic mass is 16.1.